The van der Waals surface area contributed by atoms with Crippen molar-refractivity contribution in [2.75, 3.05) is 13.1 Å². The zero-order valence-corrected chi connectivity index (χ0v) is 11.0. The van der Waals surface area contributed by atoms with Gasteiger partial charge in [0, 0.05) is 13.1 Å². The predicted octanol–water partition coefficient (Wildman–Crippen LogP) is 2.66. The van der Waals surface area contributed by atoms with E-state index in [9.17, 15) is 0 Å². The number of rotatable bonds is 4. The summed E-state index contributed by atoms with van der Waals surface area (Å²) in [7, 11) is 0. The number of aliphatic imine (C=N–C) groups is 1. The lowest BCUT2D eigenvalue weighted by Crippen LogP contribution is -2.36. The average molecular weight is 237 g/mol. The number of nitrogens with one attached hydrogen (secondary N) is 1. The molecular weight excluding hydrogens is 210 g/mol. The molecule has 2 rings (SSSR count). The molecule has 2 aliphatic carbocycles. The van der Waals surface area contributed by atoms with Gasteiger partial charge in [0.05, 0.1) is 0 Å². The average Bonchev–Trinajstić information content (AvgIpc) is 2.52. The summed E-state index contributed by atoms with van der Waals surface area (Å²) in [5, 5.41) is 3.31. The minimum absolute atomic E-state index is 0.668. The largest absolute Gasteiger partial charge is 0.370 e. The molecule has 0 radical (unpaired) electrons. The number of nitrogens with two attached hydrogens (primary N) is 1. The van der Waals surface area contributed by atoms with Crippen molar-refractivity contribution in [2.24, 2.45) is 22.6 Å². The fraction of sp³-hybridized carbons (Fsp3) is 0.929. The van der Waals surface area contributed by atoms with E-state index < -0.39 is 0 Å². The Morgan fingerprint density at radius 2 is 1.59 bits per heavy atom. The first-order chi connectivity index (χ1) is 8.34. The van der Waals surface area contributed by atoms with Crippen LogP contribution in [0.1, 0.15) is 57.8 Å². The fourth-order valence-electron chi connectivity index (χ4n) is 2.78. The zero-order valence-electron chi connectivity index (χ0n) is 11.0. The molecule has 0 spiro atoms. The number of hydrogen-bond donors (Lipinski definition) is 2. The summed E-state index contributed by atoms with van der Waals surface area (Å²) in [6.07, 6.45) is 12.4. The van der Waals surface area contributed by atoms with Crippen molar-refractivity contribution < 1.29 is 0 Å². The van der Waals surface area contributed by atoms with E-state index >= 15 is 0 Å². The molecule has 0 bridgehead atoms. The Labute approximate surface area is 105 Å². The Morgan fingerprint density at radius 1 is 0.941 bits per heavy atom. The van der Waals surface area contributed by atoms with Gasteiger partial charge < -0.3 is 11.1 Å². The van der Waals surface area contributed by atoms with Crippen molar-refractivity contribution in [3.63, 3.8) is 0 Å². The van der Waals surface area contributed by atoms with Crippen molar-refractivity contribution in [1.29, 1.82) is 0 Å². The Bertz CT molecular complexity index is 238. The molecule has 98 valence electrons. The lowest BCUT2D eigenvalue weighted by Gasteiger charge is -2.23. The van der Waals surface area contributed by atoms with Crippen molar-refractivity contribution >= 4 is 5.96 Å². The van der Waals surface area contributed by atoms with Crippen molar-refractivity contribution in [3.05, 3.63) is 0 Å². The highest BCUT2D eigenvalue weighted by molar-refractivity contribution is 5.77. The van der Waals surface area contributed by atoms with E-state index in [1.807, 2.05) is 0 Å². The molecule has 2 saturated carbocycles. The third kappa shape index (κ3) is 4.57. The van der Waals surface area contributed by atoms with Crippen molar-refractivity contribution in [3.8, 4) is 0 Å². The predicted molar refractivity (Wildman–Crippen MR) is 73.0 cm³/mol. The molecule has 0 saturated heterocycles. The summed E-state index contributed by atoms with van der Waals surface area (Å²) in [6.45, 7) is 1.96. The normalized spacial score (nSPS) is 24.1. The van der Waals surface area contributed by atoms with E-state index in [1.165, 1.54) is 57.8 Å². The van der Waals surface area contributed by atoms with Crippen LogP contribution in [0, 0.1) is 11.8 Å². The summed E-state index contributed by atoms with van der Waals surface area (Å²) in [5.74, 6) is 2.30. The number of hydrogen-bond acceptors (Lipinski definition) is 1. The molecule has 0 heterocycles. The number of guanidine groups is 1. The third-order valence-electron chi connectivity index (χ3n) is 4.29. The summed E-state index contributed by atoms with van der Waals surface area (Å²) in [5.41, 5.74) is 5.90. The van der Waals surface area contributed by atoms with Crippen LogP contribution < -0.4 is 11.1 Å². The van der Waals surface area contributed by atoms with E-state index in [4.69, 9.17) is 5.73 Å². The first kappa shape index (κ1) is 12.7. The molecule has 2 aliphatic rings. The molecule has 17 heavy (non-hydrogen) atoms. The van der Waals surface area contributed by atoms with E-state index in [1.54, 1.807) is 0 Å². The maximum atomic E-state index is 5.90. The molecular formula is C14H27N3. The standard InChI is InChI=1S/C14H27N3/c15-14(17-11-13-8-5-9-13)16-10-12-6-3-1-2-4-7-12/h12-13H,1-11H2,(H3,15,16,17). The minimum atomic E-state index is 0.668. The molecule has 0 aromatic rings. The van der Waals surface area contributed by atoms with Gasteiger partial charge in [0.15, 0.2) is 5.96 Å². The van der Waals surface area contributed by atoms with Gasteiger partial charge >= 0.3 is 0 Å². The topological polar surface area (TPSA) is 50.4 Å². The zero-order chi connectivity index (χ0) is 11.9. The molecule has 0 aromatic carbocycles. The van der Waals surface area contributed by atoms with Gasteiger partial charge in [0.25, 0.3) is 0 Å². The van der Waals surface area contributed by atoms with Crippen LogP contribution in [0.3, 0.4) is 0 Å². The van der Waals surface area contributed by atoms with Gasteiger partial charge in [-0.25, -0.2) is 0 Å². The highest BCUT2D eigenvalue weighted by Gasteiger charge is 2.16. The Kier molecular flexibility index (Phi) is 5.14. The highest BCUT2D eigenvalue weighted by atomic mass is 15.1. The van der Waals surface area contributed by atoms with Crippen LogP contribution in [0.4, 0.5) is 0 Å². The highest BCUT2D eigenvalue weighted by Crippen LogP contribution is 2.26. The maximum absolute atomic E-state index is 5.90. The summed E-state index contributed by atoms with van der Waals surface area (Å²) in [4.78, 5) is 4.44. The molecule has 0 amide bonds. The lowest BCUT2D eigenvalue weighted by molar-refractivity contribution is 0.326. The van der Waals surface area contributed by atoms with Gasteiger partial charge in [-0.05, 0) is 37.5 Å². The second-order valence-electron chi connectivity index (χ2n) is 5.76. The summed E-state index contributed by atoms with van der Waals surface area (Å²) >= 11 is 0. The molecule has 0 atom stereocenters. The maximum Gasteiger partial charge on any atom is 0.188 e. The first-order valence-corrected chi connectivity index (χ1v) is 7.38. The van der Waals surface area contributed by atoms with Crippen molar-refractivity contribution in [2.45, 2.75) is 57.8 Å². The second-order valence-corrected chi connectivity index (χ2v) is 5.76. The molecule has 0 unspecified atom stereocenters. The van der Waals surface area contributed by atoms with Crippen molar-refractivity contribution in [1.82, 2.24) is 5.32 Å². The molecule has 3 nitrogen and oxygen atoms in total. The van der Waals surface area contributed by atoms with Gasteiger partial charge in [-0.3, -0.25) is 4.99 Å². The number of nitrogens with zero attached hydrogens (tertiary/aromatic N) is 1. The van der Waals surface area contributed by atoms with Crippen LogP contribution in [0.2, 0.25) is 0 Å². The van der Waals surface area contributed by atoms with E-state index in [-0.39, 0.29) is 0 Å². The van der Waals surface area contributed by atoms with Crippen LogP contribution in [0.15, 0.2) is 4.99 Å². The third-order valence-corrected chi connectivity index (χ3v) is 4.29. The van der Waals surface area contributed by atoms with E-state index in [0.717, 1.165) is 24.9 Å². The Balaban J connectivity index is 1.61. The minimum Gasteiger partial charge on any atom is -0.370 e. The fourth-order valence-corrected chi connectivity index (χ4v) is 2.78. The van der Waals surface area contributed by atoms with Crippen LogP contribution in [0.25, 0.3) is 0 Å². The van der Waals surface area contributed by atoms with Gasteiger partial charge in [0.1, 0.15) is 0 Å². The van der Waals surface area contributed by atoms with Gasteiger partial charge in [-0.1, -0.05) is 32.1 Å². The monoisotopic (exact) mass is 237 g/mol. The molecule has 0 aromatic heterocycles. The van der Waals surface area contributed by atoms with Gasteiger partial charge in [-0.2, -0.15) is 0 Å². The molecule has 3 N–H and O–H groups in total. The summed E-state index contributed by atoms with van der Waals surface area (Å²) in [6, 6.07) is 0. The van der Waals surface area contributed by atoms with E-state index in [0.29, 0.717) is 5.96 Å². The van der Waals surface area contributed by atoms with Gasteiger partial charge in [-0.15, -0.1) is 0 Å². The van der Waals surface area contributed by atoms with Crippen LogP contribution in [-0.2, 0) is 0 Å². The summed E-state index contributed by atoms with van der Waals surface area (Å²) < 4.78 is 0. The van der Waals surface area contributed by atoms with Crippen LogP contribution in [-0.4, -0.2) is 19.0 Å². The second kappa shape index (κ2) is 6.87. The molecule has 3 heteroatoms. The SMILES string of the molecule is NC(=NCC1CCC1)NCC1CCCCCC1. The lowest BCUT2D eigenvalue weighted by atomic mass is 9.86. The Hall–Kier alpha value is -0.730. The quantitative estimate of drug-likeness (QED) is 0.449. The first-order valence-electron chi connectivity index (χ1n) is 7.38. The van der Waals surface area contributed by atoms with Crippen LogP contribution >= 0.6 is 0 Å². The van der Waals surface area contributed by atoms with Crippen LogP contribution in [0.5, 0.6) is 0 Å². The molecule has 2 fully saturated rings. The molecule has 0 aliphatic heterocycles. The van der Waals surface area contributed by atoms with E-state index in [2.05, 4.69) is 10.3 Å². The van der Waals surface area contributed by atoms with Gasteiger partial charge in [0.2, 0.25) is 0 Å². The smallest absolute Gasteiger partial charge is 0.188 e. The Morgan fingerprint density at radius 3 is 2.18 bits per heavy atom.